The van der Waals surface area contributed by atoms with Crippen LogP contribution in [0.3, 0.4) is 0 Å². The molecule has 0 saturated heterocycles. The topological polar surface area (TPSA) is 9.23 Å². The van der Waals surface area contributed by atoms with Crippen molar-refractivity contribution in [1.82, 2.24) is 0 Å². The molecular formula is C30H45FO. The van der Waals surface area contributed by atoms with Crippen LogP contribution in [-0.2, 0) is 0 Å². The van der Waals surface area contributed by atoms with Gasteiger partial charge in [0.25, 0.3) is 0 Å². The van der Waals surface area contributed by atoms with E-state index in [2.05, 4.69) is 13.5 Å². The van der Waals surface area contributed by atoms with Gasteiger partial charge < -0.3 is 4.74 Å². The smallest absolute Gasteiger partial charge is 0.130 e. The first kappa shape index (κ1) is 23.8. The third-order valence-electron chi connectivity index (χ3n) is 9.18. The Bertz CT molecular complexity index is 720. The van der Waals surface area contributed by atoms with Crippen LogP contribution in [0.4, 0.5) is 4.39 Å². The summed E-state index contributed by atoms with van der Waals surface area (Å²) >= 11 is 0. The number of rotatable bonds is 9. The molecule has 2 heteroatoms. The van der Waals surface area contributed by atoms with Gasteiger partial charge >= 0.3 is 0 Å². The molecular weight excluding hydrogens is 395 g/mol. The summed E-state index contributed by atoms with van der Waals surface area (Å²) in [6.45, 7) is 6.60. The third-order valence-corrected chi connectivity index (χ3v) is 9.18. The average Bonchev–Trinajstić information content (AvgIpc) is 2.83. The number of ether oxygens (including phenoxy) is 1. The molecule has 178 valence electrons. The molecule has 0 aromatic heterocycles. The summed E-state index contributed by atoms with van der Waals surface area (Å²) in [6, 6.07) is 5.55. The maximum atomic E-state index is 14.9. The summed E-state index contributed by atoms with van der Waals surface area (Å²) in [4.78, 5) is 0. The molecule has 0 radical (unpaired) electrons. The fourth-order valence-electron chi connectivity index (χ4n) is 7.27. The normalized spacial score (nSPS) is 32.8. The van der Waals surface area contributed by atoms with Crippen LogP contribution in [0.2, 0.25) is 0 Å². The minimum atomic E-state index is -0.0712. The lowest BCUT2D eigenvalue weighted by Gasteiger charge is -2.45. The molecule has 0 amide bonds. The Morgan fingerprint density at radius 3 is 2.34 bits per heavy atom. The standard InChI is InChI=1S/C30H45FO/c1-3-5-7-22-8-10-23(11-9-22)24-12-13-26-20-27(15-14-25(26)19-24)29-17-16-28(21-30(29)31)32-18-6-4-2/h4,16-17,21-27H,2-3,5-15,18-20H2,1H3. The second-order valence-electron chi connectivity index (χ2n) is 11.1. The second kappa shape index (κ2) is 11.7. The van der Waals surface area contributed by atoms with Crippen molar-refractivity contribution in [2.24, 2.45) is 29.6 Å². The predicted molar refractivity (Wildman–Crippen MR) is 133 cm³/mol. The highest BCUT2D eigenvalue weighted by Gasteiger charge is 2.39. The van der Waals surface area contributed by atoms with Gasteiger partial charge in [0.05, 0.1) is 6.61 Å². The zero-order valence-electron chi connectivity index (χ0n) is 20.4. The molecule has 3 fully saturated rings. The van der Waals surface area contributed by atoms with Crippen molar-refractivity contribution in [3.05, 3.63) is 42.2 Å². The van der Waals surface area contributed by atoms with Gasteiger partial charge in [-0.15, -0.1) is 6.58 Å². The monoisotopic (exact) mass is 440 g/mol. The quantitative estimate of drug-likeness (QED) is 0.275. The zero-order chi connectivity index (χ0) is 22.3. The highest BCUT2D eigenvalue weighted by Crippen LogP contribution is 2.51. The van der Waals surface area contributed by atoms with Crippen LogP contribution in [0.1, 0.15) is 108 Å². The minimum Gasteiger partial charge on any atom is -0.493 e. The van der Waals surface area contributed by atoms with Crippen LogP contribution < -0.4 is 4.74 Å². The van der Waals surface area contributed by atoms with E-state index in [9.17, 15) is 4.39 Å². The largest absolute Gasteiger partial charge is 0.493 e. The van der Waals surface area contributed by atoms with Crippen LogP contribution in [-0.4, -0.2) is 6.61 Å². The molecule has 4 rings (SSSR count). The molecule has 1 aromatic carbocycles. The molecule has 0 heterocycles. The molecule has 0 bridgehead atoms. The second-order valence-corrected chi connectivity index (χ2v) is 11.1. The van der Waals surface area contributed by atoms with Crippen LogP contribution in [0.25, 0.3) is 0 Å². The van der Waals surface area contributed by atoms with Gasteiger partial charge in [-0.3, -0.25) is 0 Å². The summed E-state index contributed by atoms with van der Waals surface area (Å²) in [7, 11) is 0. The Morgan fingerprint density at radius 1 is 0.938 bits per heavy atom. The van der Waals surface area contributed by atoms with E-state index in [4.69, 9.17) is 4.74 Å². The van der Waals surface area contributed by atoms with Gasteiger partial charge in [-0.05, 0) is 105 Å². The van der Waals surface area contributed by atoms with E-state index in [-0.39, 0.29) is 5.82 Å². The Morgan fingerprint density at radius 2 is 1.62 bits per heavy atom. The number of hydrogen-bond donors (Lipinski definition) is 0. The molecule has 4 atom stereocenters. The molecule has 4 unspecified atom stereocenters. The lowest BCUT2D eigenvalue weighted by molar-refractivity contribution is 0.0706. The Kier molecular flexibility index (Phi) is 8.72. The van der Waals surface area contributed by atoms with Crippen LogP contribution in [0.15, 0.2) is 30.9 Å². The highest BCUT2D eigenvalue weighted by atomic mass is 19.1. The van der Waals surface area contributed by atoms with Crippen molar-refractivity contribution in [1.29, 1.82) is 0 Å². The van der Waals surface area contributed by atoms with Crippen LogP contribution in [0, 0.1) is 35.4 Å². The first-order valence-electron chi connectivity index (χ1n) is 13.7. The molecule has 3 aliphatic carbocycles. The van der Waals surface area contributed by atoms with E-state index in [1.54, 1.807) is 6.07 Å². The summed E-state index contributed by atoms with van der Waals surface area (Å²) in [5, 5.41) is 0. The van der Waals surface area contributed by atoms with Crippen molar-refractivity contribution in [3.8, 4) is 5.75 Å². The van der Waals surface area contributed by atoms with Gasteiger partial charge in [-0.25, -0.2) is 4.39 Å². The molecule has 0 spiro atoms. The van der Waals surface area contributed by atoms with Crippen molar-refractivity contribution in [3.63, 3.8) is 0 Å². The number of halogens is 1. The predicted octanol–water partition coefficient (Wildman–Crippen LogP) is 9.08. The van der Waals surface area contributed by atoms with Gasteiger partial charge in [0.15, 0.2) is 0 Å². The summed E-state index contributed by atoms with van der Waals surface area (Å²) < 4.78 is 20.5. The SMILES string of the molecule is C=CCCOc1ccc(C2CCC3CC(C4CCC(CCCC)CC4)CCC3C2)c(F)c1. The van der Waals surface area contributed by atoms with Crippen molar-refractivity contribution >= 4 is 0 Å². The number of unbranched alkanes of at least 4 members (excludes halogenated alkanes) is 1. The van der Waals surface area contributed by atoms with Gasteiger partial charge in [0.1, 0.15) is 11.6 Å². The Labute approximate surface area is 196 Å². The molecule has 0 aliphatic heterocycles. The molecule has 0 N–H and O–H groups in total. The Balaban J connectivity index is 1.26. The van der Waals surface area contributed by atoms with E-state index in [1.165, 1.54) is 77.0 Å². The highest BCUT2D eigenvalue weighted by molar-refractivity contribution is 5.31. The van der Waals surface area contributed by atoms with Crippen molar-refractivity contribution in [2.45, 2.75) is 103 Å². The van der Waals surface area contributed by atoms with Crippen LogP contribution >= 0.6 is 0 Å². The number of hydrogen-bond acceptors (Lipinski definition) is 1. The van der Waals surface area contributed by atoms with Gasteiger partial charge in [-0.2, -0.15) is 0 Å². The van der Waals surface area contributed by atoms with Crippen molar-refractivity contribution in [2.75, 3.05) is 6.61 Å². The van der Waals surface area contributed by atoms with Gasteiger partial charge in [0, 0.05) is 6.07 Å². The average molecular weight is 441 g/mol. The third kappa shape index (κ3) is 5.97. The molecule has 3 saturated carbocycles. The van der Waals surface area contributed by atoms with Gasteiger partial charge in [-0.1, -0.05) is 51.2 Å². The fraction of sp³-hybridized carbons (Fsp3) is 0.733. The lowest BCUT2D eigenvalue weighted by atomic mass is 9.60. The number of benzene rings is 1. The lowest BCUT2D eigenvalue weighted by Crippen LogP contribution is -2.34. The molecule has 1 nitrogen and oxygen atoms in total. The minimum absolute atomic E-state index is 0.0712. The van der Waals surface area contributed by atoms with E-state index in [1.807, 2.05) is 18.2 Å². The van der Waals surface area contributed by atoms with E-state index in [0.717, 1.165) is 48.0 Å². The number of fused-ring (bicyclic) bond motifs is 1. The van der Waals surface area contributed by atoms with Gasteiger partial charge in [0.2, 0.25) is 0 Å². The maximum absolute atomic E-state index is 14.9. The molecule has 32 heavy (non-hydrogen) atoms. The first-order valence-corrected chi connectivity index (χ1v) is 13.7. The van der Waals surface area contributed by atoms with E-state index < -0.39 is 0 Å². The summed E-state index contributed by atoms with van der Waals surface area (Å²) in [5.41, 5.74) is 0.923. The summed E-state index contributed by atoms with van der Waals surface area (Å²) in [6.07, 6.45) is 20.7. The van der Waals surface area contributed by atoms with E-state index in [0.29, 0.717) is 18.3 Å². The first-order chi connectivity index (χ1) is 15.7. The summed E-state index contributed by atoms with van der Waals surface area (Å²) in [5.74, 6) is 5.67. The Hall–Kier alpha value is -1.31. The van der Waals surface area contributed by atoms with E-state index >= 15 is 0 Å². The van der Waals surface area contributed by atoms with Crippen LogP contribution in [0.5, 0.6) is 5.75 Å². The van der Waals surface area contributed by atoms with Crippen molar-refractivity contribution < 1.29 is 9.13 Å². The fourth-order valence-corrected chi connectivity index (χ4v) is 7.27. The maximum Gasteiger partial charge on any atom is 0.130 e. The molecule has 3 aliphatic rings. The molecule has 1 aromatic rings. The zero-order valence-corrected chi connectivity index (χ0v) is 20.4.